The summed E-state index contributed by atoms with van der Waals surface area (Å²) in [6, 6.07) is 7.51. The first kappa shape index (κ1) is 10.5. The summed E-state index contributed by atoms with van der Waals surface area (Å²) in [4.78, 5) is 11.0. The number of carbonyl (C=O) groups is 1. The molecule has 0 aliphatic rings. The molecule has 14 heavy (non-hydrogen) atoms. The monoisotopic (exact) mass is 190 g/mol. The zero-order valence-corrected chi connectivity index (χ0v) is 8.66. The zero-order valence-electron chi connectivity index (χ0n) is 8.66. The fraction of sp³-hybridized carbons (Fsp3) is 0.250. The Bertz CT molecular complexity index is 368. The highest BCUT2D eigenvalue weighted by Gasteiger charge is 2.11. The van der Waals surface area contributed by atoms with Crippen molar-refractivity contribution in [3.63, 3.8) is 0 Å². The SMILES string of the molecule is CC(C)=C(C(=O)O)c1ccc(C)cc1. The first-order chi connectivity index (χ1) is 6.52. The highest BCUT2D eigenvalue weighted by Crippen LogP contribution is 2.19. The lowest BCUT2D eigenvalue weighted by atomic mass is 10.0. The zero-order chi connectivity index (χ0) is 10.7. The summed E-state index contributed by atoms with van der Waals surface area (Å²) in [5.41, 5.74) is 3.11. The molecule has 0 unspecified atom stereocenters. The highest BCUT2D eigenvalue weighted by atomic mass is 16.4. The van der Waals surface area contributed by atoms with Crippen LogP contribution in [0.5, 0.6) is 0 Å². The summed E-state index contributed by atoms with van der Waals surface area (Å²) in [7, 11) is 0. The third-order valence-electron chi connectivity index (χ3n) is 2.05. The van der Waals surface area contributed by atoms with Gasteiger partial charge in [-0.3, -0.25) is 0 Å². The number of allylic oxidation sites excluding steroid dienone is 1. The van der Waals surface area contributed by atoms with Gasteiger partial charge < -0.3 is 5.11 Å². The van der Waals surface area contributed by atoms with E-state index < -0.39 is 5.97 Å². The number of aliphatic carboxylic acids is 1. The molecule has 1 rings (SSSR count). The Morgan fingerprint density at radius 1 is 1.14 bits per heavy atom. The van der Waals surface area contributed by atoms with Crippen LogP contribution in [0.25, 0.3) is 5.57 Å². The number of benzene rings is 1. The average molecular weight is 190 g/mol. The third-order valence-corrected chi connectivity index (χ3v) is 2.05. The maximum atomic E-state index is 11.0. The van der Waals surface area contributed by atoms with Crippen molar-refractivity contribution in [2.75, 3.05) is 0 Å². The van der Waals surface area contributed by atoms with Crippen LogP contribution in [-0.2, 0) is 4.79 Å². The van der Waals surface area contributed by atoms with Gasteiger partial charge in [-0.05, 0) is 26.3 Å². The Kier molecular flexibility index (Phi) is 3.07. The summed E-state index contributed by atoms with van der Waals surface area (Å²) >= 11 is 0. The van der Waals surface area contributed by atoms with Gasteiger partial charge in [0.1, 0.15) is 0 Å². The minimum Gasteiger partial charge on any atom is -0.478 e. The normalized spacial score (nSPS) is 9.64. The van der Waals surface area contributed by atoms with E-state index in [9.17, 15) is 4.79 Å². The van der Waals surface area contributed by atoms with Gasteiger partial charge in [-0.1, -0.05) is 35.4 Å². The quantitative estimate of drug-likeness (QED) is 0.728. The molecule has 0 heterocycles. The molecule has 0 aliphatic heterocycles. The van der Waals surface area contributed by atoms with Gasteiger partial charge in [0.05, 0.1) is 5.57 Å². The Labute approximate surface area is 83.9 Å². The molecule has 0 saturated heterocycles. The first-order valence-electron chi connectivity index (χ1n) is 4.50. The van der Waals surface area contributed by atoms with Gasteiger partial charge in [0, 0.05) is 0 Å². The fourth-order valence-electron chi connectivity index (χ4n) is 1.35. The Morgan fingerprint density at radius 3 is 2.00 bits per heavy atom. The van der Waals surface area contributed by atoms with Gasteiger partial charge >= 0.3 is 5.97 Å². The topological polar surface area (TPSA) is 37.3 Å². The van der Waals surface area contributed by atoms with Crippen LogP contribution < -0.4 is 0 Å². The molecule has 0 saturated carbocycles. The second-order valence-electron chi connectivity index (χ2n) is 3.55. The van der Waals surface area contributed by atoms with Crippen LogP contribution in [0.4, 0.5) is 0 Å². The summed E-state index contributed by atoms with van der Waals surface area (Å²) in [5, 5.41) is 9.01. The van der Waals surface area contributed by atoms with Crippen LogP contribution in [0, 0.1) is 6.92 Å². The number of carboxylic acid groups (broad SMARTS) is 1. The molecule has 2 nitrogen and oxygen atoms in total. The number of hydrogen-bond acceptors (Lipinski definition) is 1. The van der Waals surface area contributed by atoms with Gasteiger partial charge in [0.25, 0.3) is 0 Å². The lowest BCUT2D eigenvalue weighted by Crippen LogP contribution is -2.01. The second kappa shape index (κ2) is 4.09. The molecule has 0 amide bonds. The van der Waals surface area contributed by atoms with E-state index in [1.807, 2.05) is 45.0 Å². The molecular formula is C12H14O2. The number of rotatable bonds is 2. The largest absolute Gasteiger partial charge is 0.478 e. The molecular weight excluding hydrogens is 176 g/mol. The first-order valence-corrected chi connectivity index (χ1v) is 4.50. The van der Waals surface area contributed by atoms with Gasteiger partial charge in [0.15, 0.2) is 0 Å². The lowest BCUT2D eigenvalue weighted by molar-refractivity contribution is -0.130. The average Bonchev–Trinajstić information content (AvgIpc) is 2.07. The van der Waals surface area contributed by atoms with Crippen molar-refractivity contribution in [1.29, 1.82) is 0 Å². The van der Waals surface area contributed by atoms with Crippen molar-refractivity contribution < 1.29 is 9.90 Å². The Morgan fingerprint density at radius 2 is 1.64 bits per heavy atom. The molecule has 0 radical (unpaired) electrons. The van der Waals surface area contributed by atoms with E-state index in [0.29, 0.717) is 5.57 Å². The minimum absolute atomic E-state index is 0.394. The predicted octanol–water partition coefficient (Wildman–Crippen LogP) is 2.87. The van der Waals surface area contributed by atoms with Crippen molar-refractivity contribution in [3.8, 4) is 0 Å². The van der Waals surface area contributed by atoms with Crippen LogP contribution in [0.3, 0.4) is 0 Å². The molecule has 0 aromatic heterocycles. The molecule has 2 heteroatoms. The molecule has 0 aliphatic carbocycles. The van der Waals surface area contributed by atoms with E-state index in [-0.39, 0.29) is 0 Å². The van der Waals surface area contributed by atoms with Gasteiger partial charge in [0.2, 0.25) is 0 Å². The molecule has 0 atom stereocenters. The number of aryl methyl sites for hydroxylation is 1. The molecule has 1 aromatic rings. The summed E-state index contributed by atoms with van der Waals surface area (Å²) in [5.74, 6) is -0.867. The Hall–Kier alpha value is -1.57. The molecule has 1 aromatic carbocycles. The van der Waals surface area contributed by atoms with E-state index >= 15 is 0 Å². The number of carboxylic acids is 1. The van der Waals surface area contributed by atoms with Gasteiger partial charge in [-0.2, -0.15) is 0 Å². The molecule has 0 spiro atoms. The van der Waals surface area contributed by atoms with Gasteiger partial charge in [-0.25, -0.2) is 4.79 Å². The number of hydrogen-bond donors (Lipinski definition) is 1. The highest BCUT2D eigenvalue weighted by molar-refractivity contribution is 6.16. The van der Waals surface area contributed by atoms with Crippen LogP contribution in [-0.4, -0.2) is 11.1 Å². The van der Waals surface area contributed by atoms with Crippen LogP contribution in [0.1, 0.15) is 25.0 Å². The second-order valence-corrected chi connectivity index (χ2v) is 3.55. The predicted molar refractivity (Wildman–Crippen MR) is 57.1 cm³/mol. The lowest BCUT2D eigenvalue weighted by Gasteiger charge is -2.05. The molecule has 74 valence electrons. The standard InChI is InChI=1S/C12H14O2/c1-8(2)11(12(13)14)10-6-4-9(3)5-7-10/h4-7H,1-3H3,(H,13,14). The maximum absolute atomic E-state index is 11.0. The van der Waals surface area contributed by atoms with Crippen molar-refractivity contribution in [2.24, 2.45) is 0 Å². The fourth-order valence-corrected chi connectivity index (χ4v) is 1.35. The smallest absolute Gasteiger partial charge is 0.336 e. The van der Waals surface area contributed by atoms with Crippen molar-refractivity contribution in [1.82, 2.24) is 0 Å². The molecule has 0 fully saturated rings. The van der Waals surface area contributed by atoms with E-state index in [4.69, 9.17) is 5.11 Å². The van der Waals surface area contributed by atoms with Crippen molar-refractivity contribution in [3.05, 3.63) is 41.0 Å². The van der Waals surface area contributed by atoms with Crippen molar-refractivity contribution in [2.45, 2.75) is 20.8 Å². The van der Waals surface area contributed by atoms with E-state index in [2.05, 4.69) is 0 Å². The third kappa shape index (κ3) is 2.22. The van der Waals surface area contributed by atoms with Crippen molar-refractivity contribution >= 4 is 11.5 Å². The Balaban J connectivity index is 3.21. The van der Waals surface area contributed by atoms with E-state index in [0.717, 1.165) is 16.7 Å². The summed E-state index contributed by atoms with van der Waals surface area (Å²) < 4.78 is 0. The van der Waals surface area contributed by atoms with Gasteiger partial charge in [-0.15, -0.1) is 0 Å². The van der Waals surface area contributed by atoms with Crippen LogP contribution >= 0.6 is 0 Å². The summed E-state index contributed by atoms with van der Waals surface area (Å²) in [6.07, 6.45) is 0. The summed E-state index contributed by atoms with van der Waals surface area (Å²) in [6.45, 7) is 5.60. The van der Waals surface area contributed by atoms with E-state index in [1.54, 1.807) is 0 Å². The van der Waals surface area contributed by atoms with Crippen LogP contribution in [0.2, 0.25) is 0 Å². The van der Waals surface area contributed by atoms with E-state index in [1.165, 1.54) is 0 Å². The van der Waals surface area contributed by atoms with Crippen LogP contribution in [0.15, 0.2) is 29.8 Å². The maximum Gasteiger partial charge on any atom is 0.336 e. The molecule has 0 bridgehead atoms. The minimum atomic E-state index is -0.867. The molecule has 1 N–H and O–H groups in total.